The van der Waals surface area contributed by atoms with E-state index in [1.54, 1.807) is 0 Å². The fraction of sp³-hybridized carbons (Fsp3) is 0.333. The minimum Gasteiger partial charge on any atom is -0.396 e. The molecule has 0 spiro atoms. The molecule has 0 aromatic carbocycles. The molecular formula is C3H4ClO2. The molecule has 0 unspecified atom stereocenters. The second-order valence-corrected chi connectivity index (χ2v) is 1.06. The highest BCUT2D eigenvalue weighted by Crippen LogP contribution is 1.81. The lowest BCUT2D eigenvalue weighted by molar-refractivity contribution is -0.109. The number of hydrogen-bond donors (Lipinski definition) is 1. The van der Waals surface area contributed by atoms with Crippen LogP contribution in [-0.4, -0.2) is 17.0 Å². The third-order valence-electron chi connectivity index (χ3n) is 0.252. The van der Waals surface area contributed by atoms with E-state index in [0.717, 1.165) is 6.42 Å². The molecule has 2 nitrogen and oxygen atoms in total. The van der Waals surface area contributed by atoms with Crippen LogP contribution in [0.3, 0.4) is 0 Å². The van der Waals surface area contributed by atoms with E-state index in [-0.39, 0.29) is 6.61 Å². The first-order valence-corrected chi connectivity index (χ1v) is 1.78. The number of aliphatic hydroxyl groups is 1. The summed E-state index contributed by atoms with van der Waals surface area (Å²) in [5.41, 5.74) is 0. The molecule has 0 atom stereocenters. The van der Waals surface area contributed by atoms with Gasteiger partial charge < -0.3 is 5.11 Å². The predicted octanol–water partition coefficient (Wildman–Crippen LogP) is -0.0516. The molecule has 0 aromatic rings. The number of rotatable bonds is 2. The monoisotopic (exact) mass is 107 g/mol. The van der Waals surface area contributed by atoms with Gasteiger partial charge in [0.2, 0.25) is 5.24 Å². The van der Waals surface area contributed by atoms with Crippen LogP contribution in [0.5, 0.6) is 0 Å². The largest absolute Gasteiger partial charge is 0.396 e. The Hall–Kier alpha value is -0.0800. The van der Waals surface area contributed by atoms with E-state index in [9.17, 15) is 4.79 Å². The predicted molar refractivity (Wildman–Crippen MR) is 22.2 cm³/mol. The smallest absolute Gasteiger partial charge is 0.227 e. The molecule has 0 aromatic heterocycles. The van der Waals surface area contributed by atoms with Crippen LogP contribution in [0.2, 0.25) is 0 Å². The van der Waals surface area contributed by atoms with Gasteiger partial charge >= 0.3 is 0 Å². The van der Waals surface area contributed by atoms with Crippen molar-refractivity contribution in [2.45, 2.75) is 0 Å². The van der Waals surface area contributed by atoms with Crippen LogP contribution in [0.25, 0.3) is 0 Å². The Morgan fingerprint density at radius 3 is 2.50 bits per heavy atom. The molecule has 0 bridgehead atoms. The summed E-state index contributed by atoms with van der Waals surface area (Å²) in [6.45, 7) is -0.275. The standard InChI is InChI=1S/C3H4ClO2/c4-3(6)1-2-5/h1,5H,2H2. The van der Waals surface area contributed by atoms with Gasteiger partial charge in [0, 0.05) is 0 Å². The first kappa shape index (κ1) is 5.92. The summed E-state index contributed by atoms with van der Waals surface area (Å²) in [6.07, 6.45) is 0.974. The third-order valence-corrected chi connectivity index (χ3v) is 0.406. The van der Waals surface area contributed by atoms with Crippen LogP contribution in [0.1, 0.15) is 0 Å². The van der Waals surface area contributed by atoms with Crippen LogP contribution in [0.15, 0.2) is 0 Å². The van der Waals surface area contributed by atoms with Crippen molar-refractivity contribution in [1.29, 1.82) is 0 Å². The minimum atomic E-state index is -0.613. The summed E-state index contributed by atoms with van der Waals surface area (Å²) in [5.74, 6) is 0. The van der Waals surface area contributed by atoms with Crippen molar-refractivity contribution in [1.82, 2.24) is 0 Å². The summed E-state index contributed by atoms with van der Waals surface area (Å²) in [6, 6.07) is 0. The molecule has 0 rings (SSSR count). The van der Waals surface area contributed by atoms with Crippen molar-refractivity contribution in [2.75, 3.05) is 6.61 Å². The van der Waals surface area contributed by atoms with Crippen molar-refractivity contribution >= 4 is 16.8 Å². The van der Waals surface area contributed by atoms with Gasteiger partial charge in [0.1, 0.15) is 0 Å². The van der Waals surface area contributed by atoms with Crippen LogP contribution in [-0.2, 0) is 4.79 Å². The fourth-order valence-corrected chi connectivity index (χ4v) is 0.141. The molecule has 1 radical (unpaired) electrons. The van der Waals surface area contributed by atoms with Gasteiger partial charge in [-0.25, -0.2) is 0 Å². The quantitative estimate of drug-likeness (QED) is 0.503. The van der Waals surface area contributed by atoms with E-state index in [4.69, 9.17) is 16.7 Å². The van der Waals surface area contributed by atoms with Crippen molar-refractivity contribution in [3.05, 3.63) is 6.42 Å². The van der Waals surface area contributed by atoms with Gasteiger partial charge in [0.15, 0.2) is 0 Å². The third kappa shape index (κ3) is 3.92. The summed E-state index contributed by atoms with van der Waals surface area (Å²) in [7, 11) is 0. The van der Waals surface area contributed by atoms with Gasteiger partial charge in [-0.2, -0.15) is 0 Å². The lowest BCUT2D eigenvalue weighted by Crippen LogP contribution is -1.90. The van der Waals surface area contributed by atoms with E-state index >= 15 is 0 Å². The highest BCUT2D eigenvalue weighted by atomic mass is 35.5. The first-order chi connectivity index (χ1) is 2.77. The SMILES string of the molecule is O=C(Cl)[CH]CO. The summed E-state index contributed by atoms with van der Waals surface area (Å²) < 4.78 is 0. The summed E-state index contributed by atoms with van der Waals surface area (Å²) in [4.78, 5) is 9.59. The first-order valence-electron chi connectivity index (χ1n) is 1.41. The molecule has 0 heterocycles. The molecule has 0 amide bonds. The van der Waals surface area contributed by atoms with Crippen LogP contribution >= 0.6 is 11.6 Å². The van der Waals surface area contributed by atoms with Crippen molar-refractivity contribution < 1.29 is 9.90 Å². The Morgan fingerprint density at radius 2 is 2.50 bits per heavy atom. The zero-order valence-electron chi connectivity index (χ0n) is 3.02. The normalized spacial score (nSPS) is 8.33. The van der Waals surface area contributed by atoms with Gasteiger partial charge in [0.05, 0.1) is 13.0 Å². The highest BCUT2D eigenvalue weighted by molar-refractivity contribution is 6.65. The molecule has 0 saturated heterocycles. The van der Waals surface area contributed by atoms with E-state index in [2.05, 4.69) is 0 Å². The summed E-state index contributed by atoms with van der Waals surface area (Å²) >= 11 is 4.72. The Morgan fingerprint density at radius 1 is 2.00 bits per heavy atom. The minimum absolute atomic E-state index is 0.275. The molecule has 0 aliphatic rings. The maximum Gasteiger partial charge on any atom is 0.227 e. The molecule has 1 N–H and O–H groups in total. The van der Waals surface area contributed by atoms with Gasteiger partial charge in [-0.3, -0.25) is 4.79 Å². The molecular weight excluding hydrogens is 103 g/mol. The summed E-state index contributed by atoms with van der Waals surface area (Å²) in [5, 5.41) is 7.26. The second kappa shape index (κ2) is 3.12. The van der Waals surface area contributed by atoms with Crippen LogP contribution in [0.4, 0.5) is 0 Å². The average Bonchev–Trinajstić information content (AvgIpc) is 1.35. The van der Waals surface area contributed by atoms with Crippen LogP contribution < -0.4 is 0 Å². The van der Waals surface area contributed by atoms with Crippen molar-refractivity contribution in [2.24, 2.45) is 0 Å². The lowest BCUT2D eigenvalue weighted by atomic mass is 10.5. The molecule has 0 saturated carbocycles. The maximum absolute atomic E-state index is 9.59. The lowest BCUT2D eigenvalue weighted by Gasteiger charge is -1.77. The second-order valence-electron chi connectivity index (χ2n) is 0.691. The number of halogens is 1. The topological polar surface area (TPSA) is 37.3 Å². The molecule has 3 heteroatoms. The number of carbonyl (C=O) groups is 1. The number of carbonyl (C=O) groups excluding carboxylic acids is 1. The maximum atomic E-state index is 9.59. The van der Waals surface area contributed by atoms with Crippen molar-refractivity contribution in [3.8, 4) is 0 Å². The van der Waals surface area contributed by atoms with E-state index in [1.165, 1.54) is 0 Å². The van der Waals surface area contributed by atoms with Crippen molar-refractivity contribution in [3.63, 3.8) is 0 Å². The molecule has 0 aliphatic heterocycles. The van der Waals surface area contributed by atoms with E-state index < -0.39 is 5.24 Å². The molecule has 0 aliphatic carbocycles. The number of hydrogen-bond acceptors (Lipinski definition) is 2. The van der Waals surface area contributed by atoms with Gasteiger partial charge in [-0.15, -0.1) is 0 Å². The van der Waals surface area contributed by atoms with Crippen LogP contribution in [0, 0.1) is 6.42 Å². The highest BCUT2D eigenvalue weighted by Gasteiger charge is 1.89. The van der Waals surface area contributed by atoms with Gasteiger partial charge in [0.25, 0.3) is 0 Å². The van der Waals surface area contributed by atoms with E-state index in [1.807, 2.05) is 0 Å². The number of aliphatic hydroxyl groups excluding tert-OH is 1. The average molecular weight is 108 g/mol. The molecule has 35 valence electrons. The fourth-order valence-electron chi connectivity index (χ4n) is 0.0718. The zero-order chi connectivity index (χ0) is 4.99. The Kier molecular flexibility index (Phi) is 3.08. The zero-order valence-corrected chi connectivity index (χ0v) is 3.77. The van der Waals surface area contributed by atoms with E-state index in [0.29, 0.717) is 0 Å². The van der Waals surface area contributed by atoms with Gasteiger partial charge in [-0.1, -0.05) is 0 Å². The Labute approximate surface area is 40.7 Å². The Balaban J connectivity index is 2.83. The molecule has 6 heavy (non-hydrogen) atoms. The van der Waals surface area contributed by atoms with Gasteiger partial charge in [-0.05, 0) is 11.6 Å². The molecule has 0 fully saturated rings. The Bertz CT molecular complexity index is 52.8.